The number of hydrogen-bond donors (Lipinski definition) is 3. The number of anilines is 3. The minimum Gasteiger partial charge on any atom is -0.480 e. The number of carbonyl (C=O) groups is 1. The maximum atomic E-state index is 11.3. The highest BCUT2D eigenvalue weighted by atomic mass is 35.5. The molecule has 0 aliphatic rings. The Morgan fingerprint density at radius 3 is 2.75 bits per heavy atom. The first-order valence-electron chi connectivity index (χ1n) is 7.88. The van der Waals surface area contributed by atoms with Crippen LogP contribution in [0, 0.1) is 10.1 Å². The van der Waals surface area contributed by atoms with Gasteiger partial charge in [-0.15, -0.1) is 0 Å². The zero-order valence-electron chi connectivity index (χ0n) is 14.2. The molecule has 0 atom stereocenters. The van der Waals surface area contributed by atoms with E-state index in [0.29, 0.717) is 16.3 Å². The number of halogens is 1. The third kappa shape index (κ3) is 4.68. The summed E-state index contributed by atoms with van der Waals surface area (Å²) in [6, 6.07) is 9.13. The molecule has 2 aromatic heterocycles. The molecule has 10 nitrogen and oxygen atoms in total. The Bertz CT molecular complexity index is 1030. The smallest absolute Gasteiger partial charge is 0.322 e. The van der Waals surface area contributed by atoms with E-state index in [-0.39, 0.29) is 23.1 Å². The zero-order chi connectivity index (χ0) is 20.1. The quantitative estimate of drug-likeness (QED) is 0.401. The third-order valence-electron chi connectivity index (χ3n) is 3.50. The molecule has 0 bridgehead atoms. The molecule has 142 valence electrons. The van der Waals surface area contributed by atoms with Crippen LogP contribution in [-0.4, -0.2) is 37.5 Å². The van der Waals surface area contributed by atoms with Crippen molar-refractivity contribution >= 4 is 40.7 Å². The predicted molar refractivity (Wildman–Crippen MR) is 103 cm³/mol. The van der Waals surface area contributed by atoms with Crippen LogP contribution in [-0.2, 0) is 4.79 Å². The normalized spacial score (nSPS) is 10.3. The summed E-state index contributed by atoms with van der Waals surface area (Å²) >= 11 is 5.95. The van der Waals surface area contributed by atoms with Gasteiger partial charge in [-0.05, 0) is 24.3 Å². The van der Waals surface area contributed by atoms with E-state index in [9.17, 15) is 14.9 Å². The van der Waals surface area contributed by atoms with Crippen LogP contribution < -0.4 is 10.6 Å². The molecule has 0 fully saturated rings. The largest absolute Gasteiger partial charge is 0.480 e. The van der Waals surface area contributed by atoms with E-state index in [1.165, 1.54) is 18.2 Å². The Kier molecular flexibility index (Phi) is 5.61. The summed E-state index contributed by atoms with van der Waals surface area (Å²) < 4.78 is 0. The number of nitro benzene ring substituents is 1. The average Bonchev–Trinajstić information content (AvgIpc) is 2.67. The van der Waals surface area contributed by atoms with Crippen LogP contribution >= 0.6 is 11.6 Å². The molecule has 3 aromatic rings. The molecule has 1 aromatic carbocycles. The van der Waals surface area contributed by atoms with Crippen molar-refractivity contribution in [2.24, 2.45) is 0 Å². The number of rotatable bonds is 7. The van der Waals surface area contributed by atoms with Gasteiger partial charge in [0, 0.05) is 35.1 Å². The maximum Gasteiger partial charge on any atom is 0.322 e. The standard InChI is InChI=1S/C17H13ClN6O4/c18-11-3-4-14(24(27)28)13(6-11)21-15-7-12(10-2-1-5-19-8-10)22-17(23-15)20-9-16(25)26/h1-8H,9H2,(H,25,26)(H2,20,21,22,23). The van der Waals surface area contributed by atoms with E-state index < -0.39 is 17.4 Å². The molecule has 0 saturated carbocycles. The van der Waals surface area contributed by atoms with Crippen molar-refractivity contribution in [3.05, 3.63) is 63.9 Å². The monoisotopic (exact) mass is 400 g/mol. The van der Waals surface area contributed by atoms with Gasteiger partial charge in [-0.2, -0.15) is 4.98 Å². The predicted octanol–water partition coefficient (Wildman–Crippen LogP) is 3.34. The van der Waals surface area contributed by atoms with Crippen molar-refractivity contribution in [3.8, 4) is 11.3 Å². The Balaban J connectivity index is 2.02. The van der Waals surface area contributed by atoms with E-state index in [1.54, 1.807) is 30.6 Å². The second-order valence-corrected chi connectivity index (χ2v) is 5.93. The van der Waals surface area contributed by atoms with Gasteiger partial charge in [0.05, 0.1) is 10.6 Å². The number of nitro groups is 1. The molecule has 11 heteroatoms. The first-order valence-corrected chi connectivity index (χ1v) is 8.26. The number of carboxylic acids is 1. The van der Waals surface area contributed by atoms with Crippen LogP contribution in [0.3, 0.4) is 0 Å². The lowest BCUT2D eigenvalue weighted by Gasteiger charge is -2.11. The summed E-state index contributed by atoms with van der Waals surface area (Å²) in [5, 5.41) is 25.9. The minimum absolute atomic E-state index is 0.0379. The van der Waals surface area contributed by atoms with Crippen molar-refractivity contribution in [3.63, 3.8) is 0 Å². The number of hydrogen-bond acceptors (Lipinski definition) is 8. The SMILES string of the molecule is O=C(O)CNc1nc(Nc2cc(Cl)ccc2[N+](=O)[O-])cc(-c2cccnc2)n1. The van der Waals surface area contributed by atoms with Gasteiger partial charge in [-0.3, -0.25) is 19.9 Å². The molecule has 0 radical (unpaired) electrons. The highest BCUT2D eigenvalue weighted by molar-refractivity contribution is 6.31. The van der Waals surface area contributed by atoms with Crippen molar-refractivity contribution in [2.45, 2.75) is 0 Å². The second-order valence-electron chi connectivity index (χ2n) is 5.49. The second kappa shape index (κ2) is 8.27. The fourth-order valence-corrected chi connectivity index (χ4v) is 2.48. The van der Waals surface area contributed by atoms with Gasteiger partial charge in [-0.1, -0.05) is 11.6 Å². The molecule has 0 saturated heterocycles. The van der Waals surface area contributed by atoms with Gasteiger partial charge in [0.15, 0.2) is 0 Å². The number of aromatic nitrogens is 3. The van der Waals surface area contributed by atoms with E-state index in [4.69, 9.17) is 16.7 Å². The van der Waals surface area contributed by atoms with Gasteiger partial charge >= 0.3 is 5.97 Å². The van der Waals surface area contributed by atoms with E-state index in [1.807, 2.05) is 0 Å². The summed E-state index contributed by atoms with van der Waals surface area (Å²) in [6.07, 6.45) is 3.18. The Labute approximate surface area is 163 Å². The summed E-state index contributed by atoms with van der Waals surface area (Å²) in [7, 11) is 0. The van der Waals surface area contributed by atoms with Crippen LogP contribution in [0.15, 0.2) is 48.8 Å². The Morgan fingerprint density at radius 1 is 1.25 bits per heavy atom. The lowest BCUT2D eigenvalue weighted by atomic mass is 10.2. The van der Waals surface area contributed by atoms with Gasteiger partial charge in [0.1, 0.15) is 18.1 Å². The van der Waals surface area contributed by atoms with Crippen molar-refractivity contribution in [1.29, 1.82) is 0 Å². The first-order chi connectivity index (χ1) is 13.4. The lowest BCUT2D eigenvalue weighted by Crippen LogP contribution is -2.15. The number of nitrogens with one attached hydrogen (secondary N) is 2. The van der Waals surface area contributed by atoms with Crippen molar-refractivity contribution in [1.82, 2.24) is 15.0 Å². The molecule has 28 heavy (non-hydrogen) atoms. The van der Waals surface area contributed by atoms with E-state index in [2.05, 4.69) is 25.6 Å². The lowest BCUT2D eigenvalue weighted by molar-refractivity contribution is -0.383. The highest BCUT2D eigenvalue weighted by Gasteiger charge is 2.16. The minimum atomic E-state index is -1.09. The van der Waals surface area contributed by atoms with Gasteiger partial charge in [0.2, 0.25) is 5.95 Å². The average molecular weight is 401 g/mol. The number of pyridine rings is 1. The number of carboxylic acid groups (broad SMARTS) is 1. The fraction of sp³-hybridized carbons (Fsp3) is 0.0588. The third-order valence-corrected chi connectivity index (χ3v) is 3.73. The maximum absolute atomic E-state index is 11.3. The molecule has 3 N–H and O–H groups in total. The van der Waals surface area contributed by atoms with Gasteiger partial charge in [0.25, 0.3) is 5.69 Å². The van der Waals surface area contributed by atoms with Crippen LogP contribution in [0.25, 0.3) is 11.3 Å². The summed E-state index contributed by atoms with van der Waals surface area (Å²) in [4.78, 5) is 34.0. The van der Waals surface area contributed by atoms with Gasteiger partial charge in [-0.25, -0.2) is 4.98 Å². The molecule has 0 amide bonds. The number of nitrogens with zero attached hydrogens (tertiary/aromatic N) is 4. The van der Waals surface area contributed by atoms with Gasteiger partial charge < -0.3 is 15.7 Å². The molecule has 0 unspecified atom stereocenters. The molecule has 3 rings (SSSR count). The number of benzene rings is 1. The molecular weight excluding hydrogens is 388 g/mol. The Morgan fingerprint density at radius 2 is 2.07 bits per heavy atom. The molecular formula is C17H13ClN6O4. The fourth-order valence-electron chi connectivity index (χ4n) is 2.31. The molecule has 2 heterocycles. The van der Waals surface area contributed by atoms with Crippen LogP contribution in [0.1, 0.15) is 0 Å². The summed E-state index contributed by atoms with van der Waals surface area (Å²) in [5.41, 5.74) is 1.05. The zero-order valence-corrected chi connectivity index (χ0v) is 14.9. The topological polar surface area (TPSA) is 143 Å². The molecule has 0 aliphatic heterocycles. The van der Waals surface area contributed by atoms with Crippen molar-refractivity contribution in [2.75, 3.05) is 17.2 Å². The van der Waals surface area contributed by atoms with Crippen molar-refractivity contribution < 1.29 is 14.8 Å². The van der Waals surface area contributed by atoms with Crippen LogP contribution in [0.2, 0.25) is 5.02 Å². The molecule has 0 spiro atoms. The molecule has 0 aliphatic carbocycles. The van der Waals surface area contributed by atoms with E-state index >= 15 is 0 Å². The van der Waals surface area contributed by atoms with Crippen LogP contribution in [0.4, 0.5) is 23.1 Å². The highest BCUT2D eigenvalue weighted by Crippen LogP contribution is 2.31. The van der Waals surface area contributed by atoms with Crippen LogP contribution in [0.5, 0.6) is 0 Å². The first kappa shape index (κ1) is 19.0. The number of aliphatic carboxylic acids is 1. The summed E-state index contributed by atoms with van der Waals surface area (Å²) in [6.45, 7) is -0.396. The Hall–Kier alpha value is -3.79. The van der Waals surface area contributed by atoms with E-state index in [0.717, 1.165) is 0 Å². The summed E-state index contributed by atoms with van der Waals surface area (Å²) in [5.74, 6) is -0.835.